The SMILES string of the molecule is CC[C@H](Oc1ccc2ccccc2c1)C(=O)Nc1ccccc1C(=O)NCCCOC. The van der Waals surface area contributed by atoms with E-state index in [1.807, 2.05) is 49.4 Å². The third-order valence-electron chi connectivity index (χ3n) is 4.90. The van der Waals surface area contributed by atoms with Gasteiger partial charge in [-0.3, -0.25) is 9.59 Å². The van der Waals surface area contributed by atoms with Crippen LogP contribution >= 0.6 is 0 Å². The third-order valence-corrected chi connectivity index (χ3v) is 4.90. The molecule has 0 aliphatic heterocycles. The number of hydrogen-bond donors (Lipinski definition) is 2. The highest BCUT2D eigenvalue weighted by Crippen LogP contribution is 2.23. The van der Waals surface area contributed by atoms with Gasteiger partial charge in [0, 0.05) is 20.3 Å². The Hall–Kier alpha value is -3.38. The van der Waals surface area contributed by atoms with Gasteiger partial charge in [0.2, 0.25) is 0 Å². The molecule has 3 aromatic carbocycles. The maximum Gasteiger partial charge on any atom is 0.265 e. The maximum atomic E-state index is 12.9. The number of carbonyl (C=O) groups excluding carboxylic acids is 2. The van der Waals surface area contributed by atoms with Crippen LogP contribution in [0.2, 0.25) is 0 Å². The monoisotopic (exact) mass is 420 g/mol. The quantitative estimate of drug-likeness (QED) is 0.477. The van der Waals surface area contributed by atoms with Crippen molar-refractivity contribution < 1.29 is 19.1 Å². The van der Waals surface area contributed by atoms with Crippen LogP contribution < -0.4 is 15.4 Å². The number of hydrogen-bond acceptors (Lipinski definition) is 4. The number of ether oxygens (including phenoxy) is 2. The van der Waals surface area contributed by atoms with Gasteiger partial charge in [0.1, 0.15) is 5.75 Å². The van der Waals surface area contributed by atoms with Gasteiger partial charge in [0.05, 0.1) is 11.3 Å². The Morgan fingerprint density at radius 2 is 1.71 bits per heavy atom. The summed E-state index contributed by atoms with van der Waals surface area (Å²) in [5, 5.41) is 7.85. The van der Waals surface area contributed by atoms with Gasteiger partial charge < -0.3 is 20.1 Å². The van der Waals surface area contributed by atoms with Crippen molar-refractivity contribution in [1.82, 2.24) is 5.32 Å². The number of carbonyl (C=O) groups is 2. The molecule has 31 heavy (non-hydrogen) atoms. The molecule has 0 unspecified atom stereocenters. The minimum Gasteiger partial charge on any atom is -0.481 e. The summed E-state index contributed by atoms with van der Waals surface area (Å²) in [6.45, 7) is 2.96. The number of para-hydroxylation sites is 1. The number of fused-ring (bicyclic) bond motifs is 1. The highest BCUT2D eigenvalue weighted by molar-refractivity contribution is 6.04. The van der Waals surface area contributed by atoms with Gasteiger partial charge in [-0.1, -0.05) is 49.4 Å². The lowest BCUT2D eigenvalue weighted by atomic mass is 10.1. The first kappa shape index (κ1) is 22.3. The van der Waals surface area contributed by atoms with E-state index in [2.05, 4.69) is 10.6 Å². The lowest BCUT2D eigenvalue weighted by molar-refractivity contribution is -0.122. The first-order chi connectivity index (χ1) is 15.1. The number of nitrogens with one attached hydrogen (secondary N) is 2. The Bertz CT molecular complexity index is 1030. The molecule has 0 heterocycles. The van der Waals surface area contributed by atoms with E-state index in [1.54, 1.807) is 31.4 Å². The summed E-state index contributed by atoms with van der Waals surface area (Å²) in [5.41, 5.74) is 0.867. The Morgan fingerprint density at radius 3 is 2.48 bits per heavy atom. The molecule has 0 saturated carbocycles. The van der Waals surface area contributed by atoms with E-state index in [9.17, 15) is 9.59 Å². The van der Waals surface area contributed by atoms with Gasteiger partial charge in [0.15, 0.2) is 6.10 Å². The van der Waals surface area contributed by atoms with E-state index >= 15 is 0 Å². The van der Waals surface area contributed by atoms with Gasteiger partial charge in [-0.05, 0) is 47.9 Å². The zero-order valence-corrected chi connectivity index (χ0v) is 17.9. The van der Waals surface area contributed by atoms with Gasteiger partial charge in [-0.15, -0.1) is 0 Å². The zero-order valence-electron chi connectivity index (χ0n) is 17.9. The van der Waals surface area contributed by atoms with E-state index in [4.69, 9.17) is 9.47 Å². The number of amides is 2. The second kappa shape index (κ2) is 11.1. The molecule has 1 atom stereocenters. The average molecular weight is 421 g/mol. The molecule has 6 heteroatoms. The predicted molar refractivity (Wildman–Crippen MR) is 123 cm³/mol. The highest BCUT2D eigenvalue weighted by Gasteiger charge is 2.21. The average Bonchev–Trinajstić information content (AvgIpc) is 2.80. The number of benzene rings is 3. The zero-order chi connectivity index (χ0) is 22.1. The molecule has 6 nitrogen and oxygen atoms in total. The minimum atomic E-state index is -0.681. The maximum absolute atomic E-state index is 12.9. The molecule has 0 aromatic heterocycles. The van der Waals surface area contributed by atoms with E-state index in [1.165, 1.54) is 0 Å². The molecule has 3 aromatic rings. The standard InChI is InChI=1S/C25H28N2O4/c1-3-23(31-20-14-13-18-9-4-5-10-19(18)17-20)25(29)27-22-12-7-6-11-21(22)24(28)26-15-8-16-30-2/h4-7,9-14,17,23H,3,8,15-16H2,1-2H3,(H,26,28)(H,27,29)/t23-/m0/s1. The summed E-state index contributed by atoms with van der Waals surface area (Å²) in [6, 6.07) is 20.7. The number of rotatable bonds is 10. The largest absolute Gasteiger partial charge is 0.481 e. The Balaban J connectivity index is 1.68. The first-order valence-corrected chi connectivity index (χ1v) is 10.4. The van der Waals surface area contributed by atoms with Crippen molar-refractivity contribution in [3.8, 4) is 5.75 Å². The fourth-order valence-corrected chi connectivity index (χ4v) is 3.24. The second-order valence-electron chi connectivity index (χ2n) is 7.16. The van der Waals surface area contributed by atoms with Crippen molar-refractivity contribution >= 4 is 28.3 Å². The van der Waals surface area contributed by atoms with Crippen LogP contribution in [-0.4, -0.2) is 38.2 Å². The fraction of sp³-hybridized carbons (Fsp3) is 0.280. The van der Waals surface area contributed by atoms with Crippen molar-refractivity contribution in [3.05, 3.63) is 72.3 Å². The molecule has 0 spiro atoms. The number of anilines is 1. The van der Waals surface area contributed by atoms with Crippen LogP contribution in [0.3, 0.4) is 0 Å². The minimum absolute atomic E-state index is 0.240. The van der Waals surface area contributed by atoms with Crippen LogP contribution in [0, 0.1) is 0 Å². The van der Waals surface area contributed by atoms with E-state index in [0.717, 1.165) is 10.8 Å². The smallest absolute Gasteiger partial charge is 0.265 e. The van der Waals surface area contributed by atoms with Crippen LogP contribution in [-0.2, 0) is 9.53 Å². The molecule has 3 rings (SSSR count). The summed E-state index contributed by atoms with van der Waals surface area (Å²) in [5.74, 6) is 0.0932. The topological polar surface area (TPSA) is 76.7 Å². The molecular formula is C25H28N2O4. The second-order valence-corrected chi connectivity index (χ2v) is 7.16. The van der Waals surface area contributed by atoms with Gasteiger partial charge in [-0.25, -0.2) is 0 Å². The van der Waals surface area contributed by atoms with Gasteiger partial charge in [-0.2, -0.15) is 0 Å². The first-order valence-electron chi connectivity index (χ1n) is 10.4. The Labute approximate surface area is 182 Å². The molecule has 0 radical (unpaired) electrons. The lowest BCUT2D eigenvalue weighted by Gasteiger charge is -2.19. The fourth-order valence-electron chi connectivity index (χ4n) is 3.24. The molecular weight excluding hydrogens is 392 g/mol. The predicted octanol–water partition coefficient (Wildman–Crippen LogP) is 4.40. The molecule has 0 aliphatic carbocycles. The molecule has 162 valence electrons. The lowest BCUT2D eigenvalue weighted by Crippen LogP contribution is -2.33. The summed E-state index contributed by atoms with van der Waals surface area (Å²) in [7, 11) is 1.62. The summed E-state index contributed by atoms with van der Waals surface area (Å²) < 4.78 is 11.0. The van der Waals surface area contributed by atoms with E-state index in [-0.39, 0.29) is 11.8 Å². The third kappa shape index (κ3) is 6.06. The van der Waals surface area contributed by atoms with Crippen LogP contribution in [0.5, 0.6) is 5.75 Å². The number of methoxy groups -OCH3 is 1. The molecule has 2 amide bonds. The van der Waals surface area contributed by atoms with Gasteiger partial charge in [0.25, 0.3) is 11.8 Å². The van der Waals surface area contributed by atoms with Crippen LogP contribution in [0.4, 0.5) is 5.69 Å². The molecule has 2 N–H and O–H groups in total. The highest BCUT2D eigenvalue weighted by atomic mass is 16.5. The van der Waals surface area contributed by atoms with Gasteiger partial charge >= 0.3 is 0 Å². The normalized spacial score (nSPS) is 11.7. The summed E-state index contributed by atoms with van der Waals surface area (Å²) in [6.07, 6.45) is 0.525. The van der Waals surface area contributed by atoms with Crippen molar-refractivity contribution in [1.29, 1.82) is 0 Å². The summed E-state index contributed by atoms with van der Waals surface area (Å²) in [4.78, 5) is 25.4. The van der Waals surface area contributed by atoms with Crippen molar-refractivity contribution in [3.63, 3.8) is 0 Å². The molecule has 0 saturated heterocycles. The van der Waals surface area contributed by atoms with Crippen molar-refractivity contribution in [2.75, 3.05) is 25.6 Å². The molecule has 0 bridgehead atoms. The van der Waals surface area contributed by atoms with E-state index < -0.39 is 6.10 Å². The Kier molecular flexibility index (Phi) is 8.01. The van der Waals surface area contributed by atoms with Crippen LogP contribution in [0.15, 0.2) is 66.7 Å². The van der Waals surface area contributed by atoms with Crippen molar-refractivity contribution in [2.24, 2.45) is 0 Å². The Morgan fingerprint density at radius 1 is 0.968 bits per heavy atom. The van der Waals surface area contributed by atoms with Crippen molar-refractivity contribution in [2.45, 2.75) is 25.9 Å². The molecule has 0 fully saturated rings. The summed E-state index contributed by atoms with van der Waals surface area (Å²) >= 11 is 0. The molecule has 0 aliphatic rings. The van der Waals surface area contributed by atoms with E-state index in [0.29, 0.717) is 43.0 Å². The van der Waals surface area contributed by atoms with Crippen LogP contribution in [0.1, 0.15) is 30.1 Å². The van der Waals surface area contributed by atoms with Crippen LogP contribution in [0.25, 0.3) is 10.8 Å².